The molecule has 1 aromatic carbocycles. The quantitative estimate of drug-likeness (QED) is 0.766. The summed E-state index contributed by atoms with van der Waals surface area (Å²) >= 11 is 0. The second-order valence-corrected chi connectivity index (χ2v) is 6.48. The Hall–Kier alpha value is -1.43. The van der Waals surface area contributed by atoms with Crippen LogP contribution in [0.3, 0.4) is 0 Å². The molecule has 0 N–H and O–H groups in total. The van der Waals surface area contributed by atoms with Crippen molar-refractivity contribution in [2.45, 2.75) is 13.8 Å². The fourth-order valence-electron chi connectivity index (χ4n) is 1.86. The number of nitrogens with zero attached hydrogens (tertiary/aromatic N) is 1. The van der Waals surface area contributed by atoms with Gasteiger partial charge in [-0.1, -0.05) is 12.1 Å². The van der Waals surface area contributed by atoms with Gasteiger partial charge in [0.25, 0.3) is 0 Å². The second kappa shape index (κ2) is 3.53. The summed E-state index contributed by atoms with van der Waals surface area (Å²) in [7, 11) is -3.78. The lowest BCUT2D eigenvalue weighted by atomic mass is 9.95. The van der Waals surface area contributed by atoms with Crippen LogP contribution in [0.5, 0.6) is 0 Å². The van der Waals surface area contributed by atoms with Gasteiger partial charge in [0.05, 0.1) is 16.9 Å². The molecule has 0 aliphatic carbocycles. The molecule has 4 nitrogen and oxygen atoms in total. The Morgan fingerprint density at radius 2 is 1.88 bits per heavy atom. The number of para-hydroxylation sites is 1. The minimum Gasteiger partial charge on any atom is -0.273 e. The minimum absolute atomic E-state index is 0.205. The molecule has 1 saturated heterocycles. The number of carbonyl (C=O) groups excluding carboxylic acids is 1. The van der Waals surface area contributed by atoms with Crippen LogP contribution in [0.2, 0.25) is 0 Å². The minimum atomic E-state index is -3.78. The molecule has 1 fully saturated rings. The third kappa shape index (κ3) is 1.82. The molecule has 17 heavy (non-hydrogen) atoms. The predicted molar refractivity (Wildman–Crippen MR) is 61.5 cm³/mol. The smallest absolute Gasteiger partial charge is 0.247 e. The SMILES string of the molecule is CC1(C)CS(=O)(=O)N(c2ccccc2F)C1=O. The van der Waals surface area contributed by atoms with Crippen LogP contribution in [0.15, 0.2) is 24.3 Å². The van der Waals surface area contributed by atoms with Crippen molar-refractivity contribution in [1.29, 1.82) is 0 Å². The normalized spacial score (nSPS) is 21.8. The zero-order valence-corrected chi connectivity index (χ0v) is 10.3. The molecule has 0 bridgehead atoms. The molecule has 0 saturated carbocycles. The fourth-order valence-corrected chi connectivity index (χ4v) is 3.97. The molecule has 1 heterocycles. The van der Waals surface area contributed by atoms with Crippen molar-refractivity contribution in [3.63, 3.8) is 0 Å². The van der Waals surface area contributed by atoms with Crippen molar-refractivity contribution >= 4 is 21.6 Å². The number of benzene rings is 1. The van der Waals surface area contributed by atoms with E-state index in [0.29, 0.717) is 4.31 Å². The molecule has 0 unspecified atom stereocenters. The molecular formula is C11H12FNO3S. The molecule has 0 atom stereocenters. The number of anilines is 1. The number of hydrogen-bond acceptors (Lipinski definition) is 3. The maximum atomic E-state index is 13.6. The highest BCUT2D eigenvalue weighted by atomic mass is 32.2. The Bertz CT molecular complexity index is 580. The Kier molecular flexibility index (Phi) is 2.50. The van der Waals surface area contributed by atoms with Crippen LogP contribution in [0.1, 0.15) is 13.8 Å². The Balaban J connectivity index is 2.61. The van der Waals surface area contributed by atoms with Crippen molar-refractivity contribution < 1.29 is 17.6 Å². The zero-order valence-electron chi connectivity index (χ0n) is 9.47. The molecular weight excluding hydrogens is 245 g/mol. The van der Waals surface area contributed by atoms with Gasteiger partial charge in [-0.25, -0.2) is 17.1 Å². The average Bonchev–Trinajstić information content (AvgIpc) is 2.34. The van der Waals surface area contributed by atoms with Crippen molar-refractivity contribution in [3.8, 4) is 0 Å². The van der Waals surface area contributed by atoms with Crippen molar-refractivity contribution in [3.05, 3.63) is 30.1 Å². The molecule has 1 aliphatic heterocycles. The van der Waals surface area contributed by atoms with Crippen molar-refractivity contribution in [2.24, 2.45) is 5.41 Å². The van der Waals surface area contributed by atoms with Gasteiger partial charge >= 0.3 is 0 Å². The van der Waals surface area contributed by atoms with E-state index in [-0.39, 0.29) is 11.4 Å². The standard InChI is InChI=1S/C11H12FNO3S/c1-11(2)7-17(15,16)13(10(11)14)9-6-4-3-5-8(9)12/h3-6H,7H2,1-2H3. The number of rotatable bonds is 1. The van der Waals surface area contributed by atoms with E-state index in [2.05, 4.69) is 0 Å². The summed E-state index contributed by atoms with van der Waals surface area (Å²) in [4.78, 5) is 12.0. The first-order valence-electron chi connectivity index (χ1n) is 5.08. The molecule has 0 radical (unpaired) electrons. The Morgan fingerprint density at radius 3 is 2.35 bits per heavy atom. The first-order valence-corrected chi connectivity index (χ1v) is 6.68. The van der Waals surface area contributed by atoms with Crippen molar-refractivity contribution in [2.75, 3.05) is 10.1 Å². The lowest BCUT2D eigenvalue weighted by molar-refractivity contribution is -0.123. The first kappa shape index (κ1) is 12.0. The third-order valence-electron chi connectivity index (χ3n) is 2.66. The van der Waals surface area contributed by atoms with Crippen LogP contribution in [0, 0.1) is 11.2 Å². The monoisotopic (exact) mass is 257 g/mol. The van der Waals surface area contributed by atoms with E-state index in [4.69, 9.17) is 0 Å². The molecule has 6 heteroatoms. The van der Waals surface area contributed by atoms with E-state index in [1.807, 2.05) is 0 Å². The largest absolute Gasteiger partial charge is 0.273 e. The molecule has 92 valence electrons. The number of halogens is 1. The maximum Gasteiger partial charge on any atom is 0.247 e. The number of carbonyl (C=O) groups is 1. The first-order chi connectivity index (χ1) is 7.76. The van der Waals surface area contributed by atoms with Gasteiger partial charge in [0.15, 0.2) is 0 Å². The third-order valence-corrected chi connectivity index (χ3v) is 4.66. The van der Waals surface area contributed by atoms with Gasteiger partial charge in [-0.15, -0.1) is 0 Å². The molecule has 1 amide bonds. The molecule has 1 aromatic rings. The van der Waals surface area contributed by atoms with Gasteiger partial charge in [0, 0.05) is 0 Å². The summed E-state index contributed by atoms with van der Waals surface area (Å²) < 4.78 is 37.9. The van der Waals surface area contributed by atoms with Crippen molar-refractivity contribution in [1.82, 2.24) is 0 Å². The van der Waals surface area contributed by atoms with Gasteiger partial charge in [-0.05, 0) is 26.0 Å². The highest BCUT2D eigenvalue weighted by Gasteiger charge is 2.50. The summed E-state index contributed by atoms with van der Waals surface area (Å²) in [6.45, 7) is 3.07. The van der Waals surface area contributed by atoms with Gasteiger partial charge in [-0.2, -0.15) is 0 Å². The molecule has 2 rings (SSSR count). The summed E-state index contributed by atoms with van der Waals surface area (Å²) in [5.41, 5.74) is -1.22. The molecule has 1 aliphatic rings. The summed E-state index contributed by atoms with van der Waals surface area (Å²) in [6.07, 6.45) is 0. The second-order valence-electron chi connectivity index (χ2n) is 4.66. The number of hydrogen-bond donors (Lipinski definition) is 0. The lowest BCUT2D eigenvalue weighted by Gasteiger charge is -2.17. The van der Waals surface area contributed by atoms with E-state index in [0.717, 1.165) is 6.07 Å². The zero-order chi connectivity index (χ0) is 12.8. The Morgan fingerprint density at radius 1 is 1.29 bits per heavy atom. The van der Waals surface area contributed by atoms with Gasteiger partial charge in [0.2, 0.25) is 15.9 Å². The Labute approximate surface area is 99.1 Å². The van der Waals surface area contributed by atoms with Gasteiger partial charge < -0.3 is 0 Å². The van der Waals surface area contributed by atoms with E-state index in [1.54, 1.807) is 0 Å². The summed E-state index contributed by atoms with van der Waals surface area (Å²) in [6, 6.07) is 5.35. The predicted octanol–water partition coefficient (Wildman–Crippen LogP) is 1.53. The van der Waals surface area contributed by atoms with Crippen LogP contribution in [0.4, 0.5) is 10.1 Å². The van der Waals surface area contributed by atoms with Gasteiger partial charge in [-0.3, -0.25) is 4.79 Å². The van der Waals surface area contributed by atoms with Crippen LogP contribution in [0.25, 0.3) is 0 Å². The van der Waals surface area contributed by atoms with E-state index >= 15 is 0 Å². The van der Waals surface area contributed by atoms with Crippen LogP contribution < -0.4 is 4.31 Å². The van der Waals surface area contributed by atoms with E-state index in [9.17, 15) is 17.6 Å². The highest BCUT2D eigenvalue weighted by Crippen LogP contribution is 2.36. The molecule has 0 spiro atoms. The van der Waals surface area contributed by atoms with Crippen LogP contribution in [-0.2, 0) is 14.8 Å². The highest BCUT2D eigenvalue weighted by molar-refractivity contribution is 7.94. The van der Waals surface area contributed by atoms with E-state index in [1.165, 1.54) is 32.0 Å². The maximum absolute atomic E-state index is 13.6. The van der Waals surface area contributed by atoms with Gasteiger partial charge in [0.1, 0.15) is 5.82 Å². The lowest BCUT2D eigenvalue weighted by Crippen LogP contribution is -2.33. The number of sulfonamides is 1. The fraction of sp³-hybridized carbons (Fsp3) is 0.364. The average molecular weight is 257 g/mol. The van der Waals surface area contributed by atoms with E-state index < -0.39 is 27.2 Å². The summed E-state index contributed by atoms with van der Waals surface area (Å²) in [5, 5.41) is 0. The van der Waals surface area contributed by atoms with Crippen LogP contribution in [-0.4, -0.2) is 20.1 Å². The number of amides is 1. The molecule has 0 aromatic heterocycles. The topological polar surface area (TPSA) is 54.5 Å². The van der Waals surface area contributed by atoms with Crippen LogP contribution >= 0.6 is 0 Å². The summed E-state index contributed by atoms with van der Waals surface area (Å²) in [5.74, 6) is -1.61.